The van der Waals surface area contributed by atoms with Crippen molar-refractivity contribution >= 4 is 21.9 Å². The quantitative estimate of drug-likeness (QED) is 0.378. The normalized spacial score (nSPS) is 17.3. The van der Waals surface area contributed by atoms with Gasteiger partial charge in [-0.15, -0.1) is 0 Å². The van der Waals surface area contributed by atoms with E-state index in [1.807, 2.05) is 12.1 Å². The number of hydrogen-bond donors (Lipinski definition) is 0. The van der Waals surface area contributed by atoms with Crippen LogP contribution in [0.4, 0.5) is 0 Å². The second-order valence-corrected chi connectivity index (χ2v) is 7.76. The van der Waals surface area contributed by atoms with Crippen LogP contribution in [0.15, 0.2) is 59.1 Å². The number of benzene rings is 2. The van der Waals surface area contributed by atoms with Crippen molar-refractivity contribution in [1.82, 2.24) is 0 Å². The molecular formula is C25H26NO+. The minimum atomic E-state index is -0.494. The van der Waals surface area contributed by atoms with Crippen molar-refractivity contribution < 1.29 is 10.4 Å². The first kappa shape index (κ1) is 15.4. The van der Waals surface area contributed by atoms with Crippen molar-refractivity contribution in [2.45, 2.75) is 44.9 Å². The maximum absolute atomic E-state index is 9.25. The Labute approximate surface area is 161 Å². The SMILES string of the molecule is [2H]C1(c2ccc[n+](C)c2-c2ccc3oc4ccccc4c3c2C)CCCCC1. The molecule has 27 heavy (non-hydrogen) atoms. The fourth-order valence-corrected chi connectivity index (χ4v) is 4.72. The van der Waals surface area contributed by atoms with E-state index in [0.29, 0.717) is 0 Å². The summed E-state index contributed by atoms with van der Waals surface area (Å²) in [6, 6.07) is 16.8. The van der Waals surface area contributed by atoms with E-state index in [1.54, 1.807) is 0 Å². The van der Waals surface area contributed by atoms with Gasteiger partial charge in [-0.3, -0.25) is 0 Å². The first-order valence-corrected chi connectivity index (χ1v) is 9.99. The third kappa shape index (κ3) is 2.66. The molecule has 2 nitrogen and oxygen atoms in total. The Bertz CT molecular complexity index is 1180. The summed E-state index contributed by atoms with van der Waals surface area (Å²) in [5.74, 6) is -0.494. The van der Waals surface area contributed by atoms with Gasteiger partial charge in [-0.05, 0) is 55.5 Å². The van der Waals surface area contributed by atoms with Gasteiger partial charge >= 0.3 is 0 Å². The lowest BCUT2D eigenvalue weighted by molar-refractivity contribution is -0.660. The van der Waals surface area contributed by atoms with E-state index in [-0.39, 0.29) is 0 Å². The first-order chi connectivity index (χ1) is 13.6. The molecule has 2 heterocycles. The molecule has 2 heteroatoms. The van der Waals surface area contributed by atoms with Gasteiger partial charge in [-0.25, -0.2) is 4.57 Å². The molecule has 1 saturated carbocycles. The molecule has 0 N–H and O–H groups in total. The predicted octanol–water partition coefficient (Wildman–Crippen LogP) is 6.43. The lowest BCUT2D eigenvalue weighted by atomic mass is 9.81. The molecule has 0 unspecified atom stereocenters. The van der Waals surface area contributed by atoms with Crippen LogP contribution in [0.1, 0.15) is 50.5 Å². The molecular weight excluding hydrogens is 330 g/mol. The summed E-state index contributed by atoms with van der Waals surface area (Å²) in [7, 11) is 2.10. The number of para-hydroxylation sites is 1. The van der Waals surface area contributed by atoms with Gasteiger partial charge in [0.2, 0.25) is 5.69 Å². The van der Waals surface area contributed by atoms with Crippen LogP contribution >= 0.6 is 0 Å². The Balaban J connectivity index is 1.79. The summed E-state index contributed by atoms with van der Waals surface area (Å²) >= 11 is 0. The number of fused-ring (bicyclic) bond motifs is 3. The highest BCUT2D eigenvalue weighted by molar-refractivity contribution is 6.08. The molecule has 0 bridgehead atoms. The van der Waals surface area contributed by atoms with E-state index in [4.69, 9.17) is 4.42 Å². The average Bonchev–Trinajstić information content (AvgIpc) is 3.08. The fraction of sp³-hybridized carbons (Fsp3) is 0.320. The van der Waals surface area contributed by atoms with Crippen LogP contribution in [0.25, 0.3) is 33.2 Å². The van der Waals surface area contributed by atoms with Crippen molar-refractivity contribution in [3.05, 3.63) is 65.9 Å². The predicted molar refractivity (Wildman–Crippen MR) is 111 cm³/mol. The zero-order chi connectivity index (χ0) is 19.3. The van der Waals surface area contributed by atoms with Crippen LogP contribution in [0.3, 0.4) is 0 Å². The van der Waals surface area contributed by atoms with Crippen LogP contribution in [0.2, 0.25) is 0 Å². The van der Waals surface area contributed by atoms with Crippen molar-refractivity contribution in [3.63, 3.8) is 0 Å². The smallest absolute Gasteiger partial charge is 0.216 e. The Kier molecular flexibility index (Phi) is 3.73. The van der Waals surface area contributed by atoms with E-state index < -0.39 is 5.89 Å². The molecule has 1 aliphatic carbocycles. The monoisotopic (exact) mass is 357 g/mol. The molecule has 136 valence electrons. The van der Waals surface area contributed by atoms with Gasteiger partial charge in [0, 0.05) is 23.8 Å². The van der Waals surface area contributed by atoms with Crippen molar-refractivity contribution in [2.24, 2.45) is 7.05 Å². The molecule has 0 atom stereocenters. The summed E-state index contributed by atoms with van der Waals surface area (Å²) in [5, 5.41) is 2.35. The molecule has 1 fully saturated rings. The Morgan fingerprint density at radius 3 is 2.63 bits per heavy atom. The second kappa shape index (κ2) is 6.53. The van der Waals surface area contributed by atoms with E-state index >= 15 is 0 Å². The summed E-state index contributed by atoms with van der Waals surface area (Å²) in [6.07, 6.45) is 7.53. The molecule has 0 saturated heterocycles. The summed E-state index contributed by atoms with van der Waals surface area (Å²) in [5.41, 5.74) is 6.62. The number of hydrogen-bond acceptors (Lipinski definition) is 1. The maximum Gasteiger partial charge on any atom is 0.216 e. The highest BCUT2D eigenvalue weighted by Crippen LogP contribution is 2.40. The number of aromatic nitrogens is 1. The van der Waals surface area contributed by atoms with E-state index in [2.05, 4.69) is 61.1 Å². The molecule has 5 rings (SSSR count). The van der Waals surface area contributed by atoms with Gasteiger partial charge in [0.15, 0.2) is 6.20 Å². The lowest BCUT2D eigenvalue weighted by Gasteiger charge is -2.23. The van der Waals surface area contributed by atoms with Crippen LogP contribution in [0.5, 0.6) is 0 Å². The van der Waals surface area contributed by atoms with Crippen LogP contribution in [-0.4, -0.2) is 0 Å². The molecule has 2 aromatic carbocycles. The maximum atomic E-state index is 9.25. The summed E-state index contributed by atoms with van der Waals surface area (Å²) in [4.78, 5) is 0. The minimum absolute atomic E-state index is 0.494. The van der Waals surface area contributed by atoms with Gasteiger partial charge in [0.25, 0.3) is 0 Å². The van der Waals surface area contributed by atoms with Gasteiger partial charge in [0.05, 0.1) is 5.56 Å². The van der Waals surface area contributed by atoms with Crippen molar-refractivity contribution in [3.8, 4) is 11.3 Å². The largest absolute Gasteiger partial charge is 0.456 e. The third-order valence-corrected chi connectivity index (χ3v) is 6.08. The number of furan rings is 1. The number of pyridine rings is 1. The number of rotatable bonds is 2. The van der Waals surface area contributed by atoms with Crippen LogP contribution in [-0.2, 0) is 7.05 Å². The first-order valence-electron chi connectivity index (χ1n) is 10.5. The number of aryl methyl sites for hydroxylation is 2. The second-order valence-electron chi connectivity index (χ2n) is 7.76. The van der Waals surface area contributed by atoms with Crippen LogP contribution in [0, 0.1) is 6.92 Å². The van der Waals surface area contributed by atoms with Crippen LogP contribution < -0.4 is 4.57 Å². The zero-order valence-electron chi connectivity index (χ0n) is 17.1. The highest BCUT2D eigenvalue weighted by atomic mass is 16.3. The summed E-state index contributed by atoms with van der Waals surface area (Å²) < 4.78 is 17.5. The highest BCUT2D eigenvalue weighted by Gasteiger charge is 2.26. The molecule has 0 amide bonds. The van der Waals surface area contributed by atoms with Gasteiger partial charge < -0.3 is 4.42 Å². The molecule has 0 aliphatic heterocycles. The molecule has 4 aromatic rings. The Hall–Kier alpha value is -2.61. The van der Waals surface area contributed by atoms with Crippen molar-refractivity contribution in [2.75, 3.05) is 0 Å². The molecule has 0 radical (unpaired) electrons. The van der Waals surface area contributed by atoms with E-state index in [9.17, 15) is 1.37 Å². The van der Waals surface area contributed by atoms with Gasteiger partial charge in [-0.2, -0.15) is 0 Å². The van der Waals surface area contributed by atoms with E-state index in [1.165, 1.54) is 28.6 Å². The molecule has 1 aliphatic rings. The Morgan fingerprint density at radius 1 is 0.963 bits per heavy atom. The third-order valence-electron chi connectivity index (χ3n) is 6.08. The zero-order valence-corrected chi connectivity index (χ0v) is 16.1. The van der Waals surface area contributed by atoms with Gasteiger partial charge in [0.1, 0.15) is 18.2 Å². The lowest BCUT2D eigenvalue weighted by Crippen LogP contribution is -2.32. The van der Waals surface area contributed by atoms with Crippen molar-refractivity contribution in [1.29, 1.82) is 0 Å². The average molecular weight is 357 g/mol. The standard InChI is InChI=1S/C25H26NO/c1-17-19(14-15-23-24(17)21-11-6-7-13-22(21)27-23)25-20(12-8-16-26(25)2)18-9-4-3-5-10-18/h6-8,11-16,18H,3-5,9-10H2,1-2H3/q+1/i18D. The molecule has 0 spiro atoms. The number of nitrogens with zero attached hydrogens (tertiary/aromatic N) is 1. The van der Waals surface area contributed by atoms with E-state index in [0.717, 1.165) is 47.8 Å². The Morgan fingerprint density at radius 2 is 1.78 bits per heavy atom. The summed E-state index contributed by atoms with van der Waals surface area (Å²) in [6.45, 7) is 2.19. The topological polar surface area (TPSA) is 17.0 Å². The molecule has 2 aromatic heterocycles. The fourth-order valence-electron chi connectivity index (χ4n) is 4.72. The van der Waals surface area contributed by atoms with Gasteiger partial charge in [-0.1, -0.05) is 37.5 Å². The minimum Gasteiger partial charge on any atom is -0.456 e.